The first-order valence-corrected chi connectivity index (χ1v) is 9.99. The lowest BCUT2D eigenvalue weighted by Crippen LogP contribution is -2.42. The molecule has 0 aromatic heterocycles. The van der Waals surface area contributed by atoms with Crippen molar-refractivity contribution in [3.8, 4) is 0 Å². The summed E-state index contributed by atoms with van der Waals surface area (Å²) in [6.07, 6.45) is 1.55. The number of nitrogens with zero attached hydrogens (tertiary/aromatic N) is 1. The fourth-order valence-corrected chi connectivity index (χ4v) is 4.69. The van der Waals surface area contributed by atoms with Crippen LogP contribution in [0.1, 0.15) is 32.3 Å². The Kier molecular flexibility index (Phi) is 5.99. The van der Waals surface area contributed by atoms with Crippen LogP contribution in [0.2, 0.25) is 0 Å². The standard InChI is InChI=1S/C17H24N2O4S/c1-3-9-19(16-8-10-24(22,23)12-16)17(21)11-14-4-6-15(7-5-14)18-13(2)20/h4-7,16H,3,8-12H2,1-2H3,(H,18,20). The molecule has 1 aliphatic rings. The van der Waals surface area contributed by atoms with E-state index in [1.54, 1.807) is 29.2 Å². The highest BCUT2D eigenvalue weighted by atomic mass is 32.2. The number of carbonyl (C=O) groups is 2. The molecule has 1 atom stereocenters. The van der Waals surface area contributed by atoms with Crippen LogP contribution >= 0.6 is 0 Å². The van der Waals surface area contributed by atoms with Crippen molar-refractivity contribution >= 4 is 27.3 Å². The van der Waals surface area contributed by atoms with E-state index in [0.717, 1.165) is 12.0 Å². The molecule has 1 saturated heterocycles. The second kappa shape index (κ2) is 7.79. The number of anilines is 1. The van der Waals surface area contributed by atoms with Gasteiger partial charge in [0.25, 0.3) is 0 Å². The summed E-state index contributed by atoms with van der Waals surface area (Å²) < 4.78 is 23.4. The molecule has 24 heavy (non-hydrogen) atoms. The van der Waals surface area contributed by atoms with Gasteiger partial charge in [0.1, 0.15) is 0 Å². The van der Waals surface area contributed by atoms with Crippen LogP contribution in [0.5, 0.6) is 0 Å². The Morgan fingerprint density at radius 2 is 1.92 bits per heavy atom. The van der Waals surface area contributed by atoms with Gasteiger partial charge < -0.3 is 10.2 Å². The van der Waals surface area contributed by atoms with E-state index >= 15 is 0 Å². The molecule has 132 valence electrons. The molecule has 0 saturated carbocycles. The molecule has 6 nitrogen and oxygen atoms in total. The van der Waals surface area contributed by atoms with Gasteiger partial charge in [-0.25, -0.2) is 8.42 Å². The van der Waals surface area contributed by atoms with E-state index in [2.05, 4.69) is 5.32 Å². The number of nitrogens with one attached hydrogen (secondary N) is 1. The lowest BCUT2D eigenvalue weighted by molar-refractivity contribution is -0.132. The zero-order valence-corrected chi connectivity index (χ0v) is 14.9. The second-order valence-electron chi connectivity index (χ2n) is 6.20. The average molecular weight is 352 g/mol. The Hall–Kier alpha value is -1.89. The maximum atomic E-state index is 12.6. The van der Waals surface area contributed by atoms with Crippen LogP contribution in [0, 0.1) is 0 Å². The molecule has 1 aliphatic heterocycles. The molecular formula is C17H24N2O4S. The first kappa shape index (κ1) is 18.4. The third-order valence-corrected chi connectivity index (χ3v) is 5.81. The number of carbonyl (C=O) groups excluding carboxylic acids is 2. The van der Waals surface area contributed by atoms with E-state index in [0.29, 0.717) is 18.7 Å². The average Bonchev–Trinajstić information content (AvgIpc) is 2.86. The predicted octanol–water partition coefficient (Wildman–Crippen LogP) is 1.61. The van der Waals surface area contributed by atoms with Gasteiger partial charge in [0.2, 0.25) is 11.8 Å². The summed E-state index contributed by atoms with van der Waals surface area (Å²) in [6.45, 7) is 3.99. The Balaban J connectivity index is 2.03. The molecule has 1 fully saturated rings. The van der Waals surface area contributed by atoms with Gasteiger partial charge in [0.05, 0.1) is 17.9 Å². The van der Waals surface area contributed by atoms with E-state index in [-0.39, 0.29) is 35.8 Å². The lowest BCUT2D eigenvalue weighted by atomic mass is 10.1. The molecule has 2 rings (SSSR count). The molecule has 1 unspecified atom stereocenters. The molecule has 1 aromatic rings. The second-order valence-corrected chi connectivity index (χ2v) is 8.43. The van der Waals surface area contributed by atoms with E-state index in [1.165, 1.54) is 6.92 Å². The zero-order valence-electron chi connectivity index (χ0n) is 14.1. The number of rotatable bonds is 6. The molecule has 1 heterocycles. The summed E-state index contributed by atoms with van der Waals surface area (Å²) >= 11 is 0. The first-order valence-electron chi connectivity index (χ1n) is 8.17. The molecule has 1 aromatic carbocycles. The highest BCUT2D eigenvalue weighted by Crippen LogP contribution is 2.20. The minimum Gasteiger partial charge on any atom is -0.338 e. The van der Waals surface area contributed by atoms with Gasteiger partial charge in [0.15, 0.2) is 9.84 Å². The number of hydrogen-bond donors (Lipinski definition) is 1. The molecule has 0 bridgehead atoms. The minimum absolute atomic E-state index is 0.0498. The van der Waals surface area contributed by atoms with Gasteiger partial charge in [-0.1, -0.05) is 19.1 Å². The smallest absolute Gasteiger partial charge is 0.227 e. The van der Waals surface area contributed by atoms with Gasteiger partial charge in [0, 0.05) is 25.2 Å². The summed E-state index contributed by atoms with van der Waals surface area (Å²) in [5, 5.41) is 2.68. The van der Waals surface area contributed by atoms with Crippen LogP contribution in [0.15, 0.2) is 24.3 Å². The van der Waals surface area contributed by atoms with E-state index in [1.807, 2.05) is 6.92 Å². The van der Waals surface area contributed by atoms with Crippen molar-refractivity contribution in [1.29, 1.82) is 0 Å². The predicted molar refractivity (Wildman–Crippen MR) is 93.5 cm³/mol. The number of sulfone groups is 1. The fraction of sp³-hybridized carbons (Fsp3) is 0.529. The van der Waals surface area contributed by atoms with Crippen molar-refractivity contribution in [2.45, 2.75) is 39.2 Å². The van der Waals surface area contributed by atoms with Crippen molar-refractivity contribution < 1.29 is 18.0 Å². The molecule has 0 aliphatic carbocycles. The summed E-state index contributed by atoms with van der Waals surface area (Å²) in [5.41, 5.74) is 1.53. The van der Waals surface area contributed by atoms with Gasteiger partial charge in [-0.2, -0.15) is 0 Å². The van der Waals surface area contributed by atoms with E-state index < -0.39 is 9.84 Å². The molecular weight excluding hydrogens is 328 g/mol. The highest BCUT2D eigenvalue weighted by molar-refractivity contribution is 7.91. The number of benzene rings is 1. The summed E-state index contributed by atoms with van der Waals surface area (Å²) in [6, 6.07) is 6.92. The molecule has 7 heteroatoms. The quantitative estimate of drug-likeness (QED) is 0.843. The Bertz CT molecular complexity index is 698. The number of hydrogen-bond acceptors (Lipinski definition) is 4. The lowest BCUT2D eigenvalue weighted by Gasteiger charge is -2.28. The van der Waals surface area contributed by atoms with Crippen LogP contribution in [0.25, 0.3) is 0 Å². The third kappa shape index (κ3) is 5.06. The minimum atomic E-state index is -3.02. The Labute approximate surface area is 143 Å². The summed E-state index contributed by atoms with van der Waals surface area (Å²) in [7, 11) is -3.02. The largest absolute Gasteiger partial charge is 0.338 e. The van der Waals surface area contributed by atoms with Gasteiger partial charge in [-0.05, 0) is 30.5 Å². The molecule has 0 spiro atoms. The van der Waals surface area contributed by atoms with Crippen LogP contribution in [-0.4, -0.2) is 49.2 Å². The van der Waals surface area contributed by atoms with E-state index in [9.17, 15) is 18.0 Å². The number of amides is 2. The first-order chi connectivity index (χ1) is 11.3. The van der Waals surface area contributed by atoms with Crippen LogP contribution < -0.4 is 5.32 Å². The molecule has 1 N–H and O–H groups in total. The molecule has 0 radical (unpaired) electrons. The van der Waals surface area contributed by atoms with Crippen molar-refractivity contribution in [2.24, 2.45) is 0 Å². The normalized spacial score (nSPS) is 19.0. The van der Waals surface area contributed by atoms with E-state index in [4.69, 9.17) is 0 Å². The van der Waals surface area contributed by atoms with Crippen molar-refractivity contribution in [3.63, 3.8) is 0 Å². The maximum absolute atomic E-state index is 12.6. The SMILES string of the molecule is CCCN(C(=O)Cc1ccc(NC(C)=O)cc1)C1CCS(=O)(=O)C1. The van der Waals surface area contributed by atoms with Gasteiger partial charge in [-0.15, -0.1) is 0 Å². The fourth-order valence-electron chi connectivity index (χ4n) is 2.96. The van der Waals surface area contributed by atoms with Crippen molar-refractivity contribution in [1.82, 2.24) is 4.90 Å². The monoisotopic (exact) mass is 352 g/mol. The van der Waals surface area contributed by atoms with Crippen LogP contribution in [0.4, 0.5) is 5.69 Å². The maximum Gasteiger partial charge on any atom is 0.227 e. The van der Waals surface area contributed by atoms with Crippen molar-refractivity contribution in [3.05, 3.63) is 29.8 Å². The van der Waals surface area contributed by atoms with Gasteiger partial charge in [-0.3, -0.25) is 9.59 Å². The Morgan fingerprint density at radius 1 is 1.25 bits per heavy atom. The third-order valence-electron chi connectivity index (χ3n) is 4.06. The summed E-state index contributed by atoms with van der Waals surface area (Å²) in [5.74, 6) is 0.0400. The molecule has 2 amide bonds. The van der Waals surface area contributed by atoms with Crippen molar-refractivity contribution in [2.75, 3.05) is 23.4 Å². The van der Waals surface area contributed by atoms with Crippen LogP contribution in [0.3, 0.4) is 0 Å². The topological polar surface area (TPSA) is 83.6 Å². The van der Waals surface area contributed by atoms with Crippen LogP contribution in [-0.2, 0) is 25.8 Å². The van der Waals surface area contributed by atoms with Gasteiger partial charge >= 0.3 is 0 Å². The Morgan fingerprint density at radius 3 is 2.42 bits per heavy atom. The highest BCUT2D eigenvalue weighted by Gasteiger charge is 2.34. The zero-order chi connectivity index (χ0) is 17.7. The summed E-state index contributed by atoms with van der Waals surface area (Å²) in [4.78, 5) is 25.4.